The van der Waals surface area contributed by atoms with Gasteiger partial charge in [-0.2, -0.15) is 4.98 Å². The number of anilines is 1. The van der Waals surface area contributed by atoms with E-state index in [9.17, 15) is 4.79 Å². The van der Waals surface area contributed by atoms with Gasteiger partial charge in [-0.15, -0.1) is 0 Å². The number of carbonyl (C=O) groups is 1. The smallest absolute Gasteiger partial charge is 0.256 e. The molecule has 140 valence electrons. The Morgan fingerprint density at radius 2 is 2.07 bits per heavy atom. The Morgan fingerprint density at radius 1 is 1.26 bits per heavy atom. The molecule has 1 fully saturated rings. The van der Waals surface area contributed by atoms with Gasteiger partial charge in [-0.25, -0.2) is 4.98 Å². The molecule has 1 aliphatic rings. The van der Waals surface area contributed by atoms with Crippen molar-refractivity contribution in [3.63, 3.8) is 0 Å². The summed E-state index contributed by atoms with van der Waals surface area (Å²) in [5.41, 5.74) is 2.01. The first kappa shape index (κ1) is 18.0. The molecule has 1 aromatic carbocycles. The molecule has 2 aromatic heterocycles. The quantitative estimate of drug-likeness (QED) is 0.521. The maximum Gasteiger partial charge on any atom is 0.256 e. The van der Waals surface area contributed by atoms with Gasteiger partial charge in [0.1, 0.15) is 11.6 Å². The summed E-state index contributed by atoms with van der Waals surface area (Å²) in [6, 6.07) is 9.09. The number of hydrogen-bond acceptors (Lipinski definition) is 6. The third-order valence-corrected chi connectivity index (χ3v) is 5.68. The van der Waals surface area contributed by atoms with E-state index in [0.29, 0.717) is 22.3 Å². The molecule has 27 heavy (non-hydrogen) atoms. The predicted octanol–water partition coefficient (Wildman–Crippen LogP) is 4.36. The van der Waals surface area contributed by atoms with Crippen molar-refractivity contribution in [3.8, 4) is 0 Å². The number of hydrogen-bond donors (Lipinski definition) is 1. The first-order valence-electron chi connectivity index (χ1n) is 9.00. The molecule has 3 heterocycles. The molecule has 1 atom stereocenters. The summed E-state index contributed by atoms with van der Waals surface area (Å²) in [5.74, 6) is 1.84. The predicted molar refractivity (Wildman–Crippen MR) is 105 cm³/mol. The van der Waals surface area contributed by atoms with Crippen molar-refractivity contribution in [2.24, 2.45) is 0 Å². The van der Waals surface area contributed by atoms with Crippen molar-refractivity contribution in [2.75, 3.05) is 17.7 Å². The lowest BCUT2D eigenvalue weighted by molar-refractivity contribution is 0.102. The number of fused-ring (bicyclic) bond motifs is 1. The van der Waals surface area contributed by atoms with Gasteiger partial charge in [0, 0.05) is 23.5 Å². The minimum absolute atomic E-state index is 0.205. The SMILES string of the molecule is Cc1oc2nc(SCC3CCCO3)nc(NC(=O)c3ccccc3)c2c1C. The van der Waals surface area contributed by atoms with Crippen LogP contribution >= 0.6 is 11.8 Å². The lowest BCUT2D eigenvalue weighted by Crippen LogP contribution is -2.14. The van der Waals surface area contributed by atoms with E-state index in [1.165, 1.54) is 11.8 Å². The number of ether oxygens (including phenoxy) is 1. The van der Waals surface area contributed by atoms with E-state index < -0.39 is 0 Å². The number of amides is 1. The molecule has 0 aliphatic carbocycles. The average molecular weight is 383 g/mol. The van der Waals surface area contributed by atoms with Gasteiger partial charge in [-0.05, 0) is 38.8 Å². The van der Waals surface area contributed by atoms with Crippen LogP contribution in [-0.4, -0.2) is 34.3 Å². The lowest BCUT2D eigenvalue weighted by atomic mass is 10.2. The van der Waals surface area contributed by atoms with Crippen LogP contribution in [0.25, 0.3) is 11.1 Å². The number of rotatable bonds is 5. The van der Waals surface area contributed by atoms with E-state index in [-0.39, 0.29) is 12.0 Å². The highest BCUT2D eigenvalue weighted by Crippen LogP contribution is 2.32. The number of aromatic nitrogens is 2. The van der Waals surface area contributed by atoms with Crippen molar-refractivity contribution in [1.82, 2.24) is 9.97 Å². The third kappa shape index (κ3) is 3.84. The molecule has 0 spiro atoms. The van der Waals surface area contributed by atoms with Crippen LogP contribution in [0.2, 0.25) is 0 Å². The normalized spacial score (nSPS) is 16.7. The summed E-state index contributed by atoms with van der Waals surface area (Å²) in [7, 11) is 0. The summed E-state index contributed by atoms with van der Waals surface area (Å²) < 4.78 is 11.5. The zero-order chi connectivity index (χ0) is 18.8. The molecule has 7 heteroatoms. The number of furan rings is 1. The first-order valence-corrected chi connectivity index (χ1v) is 9.99. The largest absolute Gasteiger partial charge is 0.443 e. The summed E-state index contributed by atoms with van der Waals surface area (Å²) in [6.45, 7) is 4.65. The molecule has 1 saturated heterocycles. The van der Waals surface area contributed by atoms with Crippen LogP contribution in [-0.2, 0) is 4.74 Å². The van der Waals surface area contributed by atoms with Gasteiger partial charge >= 0.3 is 0 Å². The summed E-state index contributed by atoms with van der Waals surface area (Å²) in [6.07, 6.45) is 2.39. The highest BCUT2D eigenvalue weighted by atomic mass is 32.2. The molecule has 1 amide bonds. The summed E-state index contributed by atoms with van der Waals surface area (Å²) in [5, 5.41) is 4.26. The van der Waals surface area contributed by atoms with Crippen LogP contribution in [0, 0.1) is 13.8 Å². The lowest BCUT2D eigenvalue weighted by Gasteiger charge is -2.10. The average Bonchev–Trinajstić information content (AvgIpc) is 3.29. The number of nitrogens with one attached hydrogen (secondary N) is 1. The van der Waals surface area contributed by atoms with Crippen LogP contribution in [0.1, 0.15) is 34.5 Å². The summed E-state index contributed by atoms with van der Waals surface area (Å²) >= 11 is 1.53. The third-order valence-electron chi connectivity index (χ3n) is 4.70. The van der Waals surface area contributed by atoms with Crippen molar-refractivity contribution in [2.45, 2.75) is 37.9 Å². The van der Waals surface area contributed by atoms with Gasteiger partial charge in [-0.3, -0.25) is 4.79 Å². The van der Waals surface area contributed by atoms with E-state index in [1.54, 1.807) is 12.1 Å². The fourth-order valence-corrected chi connectivity index (χ4v) is 4.00. The molecule has 1 N–H and O–H groups in total. The van der Waals surface area contributed by atoms with Gasteiger partial charge in [-0.1, -0.05) is 30.0 Å². The van der Waals surface area contributed by atoms with E-state index in [1.807, 2.05) is 32.0 Å². The zero-order valence-electron chi connectivity index (χ0n) is 15.3. The second-order valence-corrected chi connectivity index (χ2v) is 7.57. The molecule has 4 rings (SSSR count). The van der Waals surface area contributed by atoms with Crippen LogP contribution in [0.15, 0.2) is 39.9 Å². The Hall–Kier alpha value is -2.38. The number of thioether (sulfide) groups is 1. The van der Waals surface area contributed by atoms with E-state index >= 15 is 0 Å². The molecular weight excluding hydrogens is 362 g/mol. The van der Waals surface area contributed by atoms with Crippen molar-refractivity contribution < 1.29 is 13.9 Å². The van der Waals surface area contributed by atoms with Crippen molar-refractivity contribution in [1.29, 1.82) is 0 Å². The van der Waals surface area contributed by atoms with E-state index in [0.717, 1.165) is 41.9 Å². The Labute approximate surface area is 161 Å². The van der Waals surface area contributed by atoms with Gasteiger partial charge in [0.2, 0.25) is 5.71 Å². The maximum absolute atomic E-state index is 12.6. The van der Waals surface area contributed by atoms with E-state index in [2.05, 4.69) is 15.3 Å². The van der Waals surface area contributed by atoms with Crippen LogP contribution < -0.4 is 5.32 Å². The zero-order valence-corrected chi connectivity index (χ0v) is 16.1. The second-order valence-electron chi connectivity index (χ2n) is 6.58. The highest BCUT2D eigenvalue weighted by Gasteiger charge is 2.21. The molecule has 0 radical (unpaired) electrons. The molecular formula is C20H21N3O3S. The first-order chi connectivity index (χ1) is 13.1. The molecule has 3 aromatic rings. The Morgan fingerprint density at radius 3 is 2.81 bits per heavy atom. The minimum Gasteiger partial charge on any atom is -0.443 e. The second kappa shape index (κ2) is 7.70. The van der Waals surface area contributed by atoms with Gasteiger partial charge in [0.05, 0.1) is 11.5 Å². The van der Waals surface area contributed by atoms with E-state index in [4.69, 9.17) is 9.15 Å². The molecule has 1 unspecified atom stereocenters. The highest BCUT2D eigenvalue weighted by molar-refractivity contribution is 7.99. The van der Waals surface area contributed by atoms with Crippen LogP contribution in [0.5, 0.6) is 0 Å². The fraction of sp³-hybridized carbons (Fsp3) is 0.350. The summed E-state index contributed by atoms with van der Waals surface area (Å²) in [4.78, 5) is 21.8. The van der Waals surface area contributed by atoms with Gasteiger partial charge in [0.25, 0.3) is 5.91 Å². The topological polar surface area (TPSA) is 77.2 Å². The van der Waals surface area contributed by atoms with Crippen LogP contribution in [0.3, 0.4) is 0 Å². The minimum atomic E-state index is -0.205. The molecule has 0 bridgehead atoms. The number of aryl methyl sites for hydroxylation is 2. The standard InChI is InChI=1S/C20H21N3O3S/c1-12-13(2)26-19-16(12)17(21-18(24)14-7-4-3-5-8-14)22-20(23-19)27-11-15-9-6-10-25-15/h3-5,7-8,15H,6,9-11H2,1-2H3,(H,21,22,23,24). The molecule has 1 aliphatic heterocycles. The van der Waals surface area contributed by atoms with Gasteiger partial charge in [0.15, 0.2) is 5.16 Å². The molecule has 0 saturated carbocycles. The number of carbonyl (C=O) groups excluding carboxylic acids is 1. The number of benzene rings is 1. The Bertz CT molecular complexity index is 966. The van der Waals surface area contributed by atoms with Crippen molar-refractivity contribution >= 4 is 34.6 Å². The Balaban J connectivity index is 1.65. The Kier molecular flexibility index (Phi) is 5.13. The van der Waals surface area contributed by atoms with Crippen LogP contribution in [0.4, 0.5) is 5.82 Å². The maximum atomic E-state index is 12.6. The van der Waals surface area contributed by atoms with Crippen molar-refractivity contribution in [3.05, 3.63) is 47.2 Å². The van der Waals surface area contributed by atoms with Gasteiger partial charge < -0.3 is 14.5 Å². The monoisotopic (exact) mass is 383 g/mol. The molecule has 6 nitrogen and oxygen atoms in total. The number of nitrogens with zero attached hydrogens (tertiary/aromatic N) is 2. The fourth-order valence-electron chi connectivity index (χ4n) is 3.10.